The lowest BCUT2D eigenvalue weighted by Gasteiger charge is -2.12. The fourth-order valence-corrected chi connectivity index (χ4v) is 6.49. The van der Waals surface area contributed by atoms with Crippen molar-refractivity contribution in [3.8, 4) is 44.9 Å². The monoisotopic (exact) mass is 574 g/mol. The smallest absolute Gasteiger partial charge is 0.161 e. The average molecular weight is 575 g/mol. The van der Waals surface area contributed by atoms with Gasteiger partial charge in [-0.05, 0) is 58.0 Å². The molecule has 0 N–H and O–H groups in total. The highest BCUT2D eigenvalue weighted by Gasteiger charge is 2.19. The van der Waals surface area contributed by atoms with Crippen LogP contribution in [0.1, 0.15) is 0 Å². The van der Waals surface area contributed by atoms with E-state index < -0.39 is 0 Å². The third-order valence-corrected chi connectivity index (χ3v) is 8.67. The second kappa shape index (κ2) is 10.3. The number of nitrogens with zero attached hydrogens (tertiary/aromatic N) is 2. The van der Waals surface area contributed by atoms with Crippen LogP contribution in [0, 0.1) is 0 Å². The fraction of sp³-hybridized carbons (Fsp3) is 0. The molecule has 0 aliphatic carbocycles. The first-order valence-electron chi connectivity index (χ1n) is 15.2. The molecule has 0 bridgehead atoms. The highest BCUT2D eigenvalue weighted by molar-refractivity contribution is 6.19. The van der Waals surface area contributed by atoms with Gasteiger partial charge in [-0.3, -0.25) is 0 Å². The number of fused-ring (bicyclic) bond motifs is 6. The molecule has 45 heavy (non-hydrogen) atoms. The van der Waals surface area contributed by atoms with Gasteiger partial charge in [-0.2, -0.15) is 0 Å². The summed E-state index contributed by atoms with van der Waals surface area (Å²) in [5.41, 5.74) is 10.3. The number of para-hydroxylation sites is 1. The Morgan fingerprint density at radius 1 is 0.378 bits per heavy atom. The van der Waals surface area contributed by atoms with Crippen molar-refractivity contribution < 1.29 is 4.42 Å². The van der Waals surface area contributed by atoms with Crippen LogP contribution in [0.25, 0.3) is 88.5 Å². The second-order valence-corrected chi connectivity index (χ2v) is 11.4. The summed E-state index contributed by atoms with van der Waals surface area (Å²) in [5.74, 6) is 0.695. The maximum absolute atomic E-state index is 6.53. The van der Waals surface area contributed by atoms with Crippen LogP contribution in [-0.2, 0) is 0 Å². The topological polar surface area (TPSA) is 38.9 Å². The Kier molecular flexibility index (Phi) is 5.82. The van der Waals surface area contributed by atoms with Crippen LogP contribution in [0.5, 0.6) is 0 Å². The van der Waals surface area contributed by atoms with Gasteiger partial charge in [0.1, 0.15) is 11.2 Å². The molecule has 0 radical (unpaired) electrons. The number of furan rings is 1. The minimum atomic E-state index is 0.695. The molecule has 0 saturated carbocycles. The summed E-state index contributed by atoms with van der Waals surface area (Å²) >= 11 is 0. The van der Waals surface area contributed by atoms with E-state index >= 15 is 0 Å². The fourth-order valence-electron chi connectivity index (χ4n) is 6.49. The van der Waals surface area contributed by atoms with Crippen molar-refractivity contribution in [3.05, 3.63) is 158 Å². The van der Waals surface area contributed by atoms with Gasteiger partial charge in [0, 0.05) is 32.7 Å². The molecule has 0 fully saturated rings. The van der Waals surface area contributed by atoms with Gasteiger partial charge in [-0.15, -0.1) is 0 Å². The minimum Gasteiger partial charge on any atom is -0.455 e. The molecule has 3 heteroatoms. The van der Waals surface area contributed by atoms with E-state index in [0.29, 0.717) is 5.82 Å². The summed E-state index contributed by atoms with van der Waals surface area (Å²) in [7, 11) is 0. The Hall–Kier alpha value is -6.06. The Balaban J connectivity index is 1.30. The number of rotatable bonds is 4. The van der Waals surface area contributed by atoms with Gasteiger partial charge in [0.15, 0.2) is 5.82 Å². The molecule has 0 aliphatic heterocycles. The van der Waals surface area contributed by atoms with Crippen molar-refractivity contribution in [2.45, 2.75) is 0 Å². The summed E-state index contributed by atoms with van der Waals surface area (Å²) in [6, 6.07) is 54.9. The van der Waals surface area contributed by atoms with E-state index in [9.17, 15) is 0 Å². The number of hydrogen-bond acceptors (Lipinski definition) is 3. The van der Waals surface area contributed by atoms with Crippen molar-refractivity contribution in [1.82, 2.24) is 9.97 Å². The van der Waals surface area contributed by atoms with E-state index in [-0.39, 0.29) is 0 Å². The summed E-state index contributed by atoms with van der Waals surface area (Å²) in [6.45, 7) is 0. The van der Waals surface area contributed by atoms with Gasteiger partial charge in [-0.25, -0.2) is 9.97 Å². The standard InChI is InChI=1S/C42H26N2O/c1-3-12-27(13-4-1)29-16-11-17-31(24-29)40-34-20-9-10-21-38(34)43-42(44-40)37-26-36-35-25-30(28-14-5-2-6-15-28)22-23-39(35)45-41(36)33-19-8-7-18-32(33)37/h1-26H. The molecule has 210 valence electrons. The van der Waals surface area contributed by atoms with Gasteiger partial charge < -0.3 is 4.42 Å². The van der Waals surface area contributed by atoms with E-state index in [0.717, 1.165) is 71.6 Å². The molecule has 3 nitrogen and oxygen atoms in total. The largest absolute Gasteiger partial charge is 0.455 e. The molecule has 0 saturated heterocycles. The third kappa shape index (κ3) is 4.29. The molecule has 0 atom stereocenters. The predicted octanol–water partition coefficient (Wildman–Crippen LogP) is 11.4. The minimum absolute atomic E-state index is 0.695. The van der Waals surface area contributed by atoms with Crippen LogP contribution < -0.4 is 0 Å². The average Bonchev–Trinajstić information content (AvgIpc) is 3.50. The lowest BCUT2D eigenvalue weighted by atomic mass is 9.97. The van der Waals surface area contributed by atoms with Crippen LogP contribution in [-0.4, -0.2) is 9.97 Å². The molecule has 7 aromatic carbocycles. The zero-order valence-electron chi connectivity index (χ0n) is 24.3. The predicted molar refractivity (Wildman–Crippen MR) is 186 cm³/mol. The van der Waals surface area contributed by atoms with Gasteiger partial charge in [-0.1, -0.05) is 127 Å². The van der Waals surface area contributed by atoms with Crippen molar-refractivity contribution in [2.24, 2.45) is 0 Å². The lowest BCUT2D eigenvalue weighted by Crippen LogP contribution is -1.96. The van der Waals surface area contributed by atoms with E-state index in [1.54, 1.807) is 0 Å². The molecule has 2 heterocycles. The highest BCUT2D eigenvalue weighted by Crippen LogP contribution is 2.41. The molecule has 0 unspecified atom stereocenters. The molecule has 0 aliphatic rings. The summed E-state index contributed by atoms with van der Waals surface area (Å²) in [6.07, 6.45) is 0. The molecule has 0 amide bonds. The maximum atomic E-state index is 6.53. The van der Waals surface area contributed by atoms with Crippen molar-refractivity contribution in [2.75, 3.05) is 0 Å². The number of benzene rings is 7. The van der Waals surface area contributed by atoms with Crippen LogP contribution in [0.3, 0.4) is 0 Å². The van der Waals surface area contributed by atoms with Gasteiger partial charge in [0.25, 0.3) is 0 Å². The van der Waals surface area contributed by atoms with Crippen LogP contribution >= 0.6 is 0 Å². The quantitative estimate of drug-likeness (QED) is 0.210. The van der Waals surface area contributed by atoms with E-state index in [4.69, 9.17) is 14.4 Å². The van der Waals surface area contributed by atoms with E-state index in [2.05, 4.69) is 140 Å². The first-order valence-corrected chi connectivity index (χ1v) is 15.2. The summed E-state index contributed by atoms with van der Waals surface area (Å²) in [4.78, 5) is 10.5. The third-order valence-electron chi connectivity index (χ3n) is 8.67. The first-order chi connectivity index (χ1) is 22.3. The SMILES string of the molecule is c1ccc(-c2cccc(-c3nc(-c4cc5c6cc(-c7ccccc7)ccc6oc5c5ccccc45)nc4ccccc34)c2)cc1. The molecule has 9 aromatic rings. The van der Waals surface area contributed by atoms with E-state index in [1.807, 2.05) is 18.2 Å². The zero-order chi connectivity index (χ0) is 29.7. The number of aromatic nitrogens is 2. The van der Waals surface area contributed by atoms with Crippen LogP contribution in [0.15, 0.2) is 162 Å². The zero-order valence-corrected chi connectivity index (χ0v) is 24.3. The number of hydrogen-bond donors (Lipinski definition) is 0. The second-order valence-electron chi connectivity index (χ2n) is 11.4. The Morgan fingerprint density at radius 3 is 1.78 bits per heavy atom. The Labute approximate surface area is 260 Å². The van der Waals surface area contributed by atoms with Crippen molar-refractivity contribution >= 4 is 43.6 Å². The summed E-state index contributed by atoms with van der Waals surface area (Å²) in [5, 5.41) is 5.27. The van der Waals surface area contributed by atoms with Crippen LogP contribution in [0.2, 0.25) is 0 Å². The van der Waals surface area contributed by atoms with Crippen molar-refractivity contribution in [1.29, 1.82) is 0 Å². The van der Waals surface area contributed by atoms with Gasteiger partial charge in [0.2, 0.25) is 0 Å². The van der Waals surface area contributed by atoms with Crippen molar-refractivity contribution in [3.63, 3.8) is 0 Å². The van der Waals surface area contributed by atoms with Gasteiger partial charge in [0.05, 0.1) is 11.2 Å². The highest BCUT2D eigenvalue weighted by atomic mass is 16.3. The molecule has 2 aromatic heterocycles. The molecule has 9 rings (SSSR count). The van der Waals surface area contributed by atoms with E-state index in [1.165, 1.54) is 11.1 Å². The molecular formula is C42H26N2O. The normalized spacial score (nSPS) is 11.6. The van der Waals surface area contributed by atoms with Gasteiger partial charge >= 0.3 is 0 Å². The molecular weight excluding hydrogens is 548 g/mol. The Bertz CT molecular complexity index is 2530. The maximum Gasteiger partial charge on any atom is 0.161 e. The summed E-state index contributed by atoms with van der Waals surface area (Å²) < 4.78 is 6.53. The lowest BCUT2D eigenvalue weighted by molar-refractivity contribution is 0.673. The molecule has 0 spiro atoms. The van der Waals surface area contributed by atoms with Crippen LogP contribution in [0.4, 0.5) is 0 Å². The first kappa shape index (κ1) is 25.4. The Morgan fingerprint density at radius 2 is 1.00 bits per heavy atom.